The van der Waals surface area contributed by atoms with Crippen LogP contribution in [0.3, 0.4) is 0 Å². The minimum atomic E-state index is -3.24. The van der Waals surface area contributed by atoms with Crippen LogP contribution in [0.25, 0.3) is 0 Å². The van der Waals surface area contributed by atoms with Crippen molar-refractivity contribution in [3.8, 4) is 0 Å². The van der Waals surface area contributed by atoms with E-state index in [4.69, 9.17) is 0 Å². The highest BCUT2D eigenvalue weighted by atomic mass is 32.2. The third kappa shape index (κ3) is 6.06. The second-order valence-electron chi connectivity index (χ2n) is 10.5. The fourth-order valence-electron chi connectivity index (χ4n) is 4.64. The first-order valence-electron chi connectivity index (χ1n) is 11.4. The average molecular weight is 441 g/mol. The van der Waals surface area contributed by atoms with Crippen LogP contribution in [-0.2, 0) is 22.0 Å². The predicted molar refractivity (Wildman–Crippen MR) is 128 cm³/mol. The topological polar surface area (TPSA) is 51.2 Å². The molecule has 3 rings (SSSR count). The molecule has 4 heteroatoms. The summed E-state index contributed by atoms with van der Waals surface area (Å²) in [5.74, 6) is 2.22. The average Bonchev–Trinajstić information content (AvgIpc) is 2.67. The Morgan fingerprint density at radius 1 is 0.839 bits per heavy atom. The summed E-state index contributed by atoms with van der Waals surface area (Å²) < 4.78 is 24.0. The van der Waals surface area contributed by atoms with E-state index < -0.39 is 14.6 Å². The van der Waals surface area contributed by atoms with Crippen molar-refractivity contribution in [3.05, 3.63) is 70.8 Å². The lowest BCUT2D eigenvalue weighted by molar-refractivity contribution is 0.0993. The van der Waals surface area contributed by atoms with Crippen molar-refractivity contribution >= 4 is 15.6 Å². The summed E-state index contributed by atoms with van der Waals surface area (Å²) in [5, 5.41) is 0. The zero-order valence-corrected chi connectivity index (χ0v) is 20.3. The number of rotatable bonds is 6. The van der Waals surface area contributed by atoms with Gasteiger partial charge < -0.3 is 0 Å². The first kappa shape index (κ1) is 23.7. The molecule has 0 amide bonds. The van der Waals surface area contributed by atoms with E-state index in [1.54, 1.807) is 45.0 Å². The van der Waals surface area contributed by atoms with Crippen molar-refractivity contribution < 1.29 is 13.2 Å². The molecule has 0 saturated heterocycles. The second kappa shape index (κ2) is 9.28. The molecule has 0 aromatic heterocycles. The van der Waals surface area contributed by atoms with Gasteiger partial charge in [-0.05, 0) is 74.5 Å². The number of sulfone groups is 1. The standard InChI is InChI=1S/C27H36O3S/c1-19-14-20(2)16-25(15-19)23-10-6-21(7-11-23)17-26(28)24-12-8-22(9-13-24)18-31(29,30)27(3,4)5/h6-13,19-20,25H,14-18H2,1-5H3. The molecule has 2 atom stereocenters. The van der Waals surface area contributed by atoms with Crippen molar-refractivity contribution in [1.29, 1.82) is 0 Å². The Hall–Kier alpha value is -1.94. The van der Waals surface area contributed by atoms with E-state index in [1.165, 1.54) is 24.8 Å². The number of ketones is 1. The Balaban J connectivity index is 1.62. The van der Waals surface area contributed by atoms with Gasteiger partial charge in [-0.15, -0.1) is 0 Å². The maximum Gasteiger partial charge on any atom is 0.167 e. The van der Waals surface area contributed by atoms with Crippen LogP contribution in [0.15, 0.2) is 48.5 Å². The molecular weight excluding hydrogens is 404 g/mol. The summed E-state index contributed by atoms with van der Waals surface area (Å²) in [6, 6.07) is 15.6. The molecule has 0 spiro atoms. The lowest BCUT2D eigenvalue weighted by Gasteiger charge is -2.31. The van der Waals surface area contributed by atoms with Gasteiger partial charge in [-0.25, -0.2) is 8.42 Å². The summed E-state index contributed by atoms with van der Waals surface area (Å²) in [6.07, 6.45) is 4.18. The molecule has 1 aliphatic rings. The quantitative estimate of drug-likeness (QED) is 0.491. The highest BCUT2D eigenvalue weighted by Gasteiger charge is 2.29. The van der Waals surface area contributed by atoms with Crippen LogP contribution in [0.4, 0.5) is 0 Å². The number of hydrogen-bond donors (Lipinski definition) is 0. The SMILES string of the molecule is CC1CC(C)CC(c2ccc(CC(=O)c3ccc(CS(=O)(=O)C(C)(C)C)cc3)cc2)C1. The zero-order valence-electron chi connectivity index (χ0n) is 19.5. The van der Waals surface area contributed by atoms with Gasteiger partial charge in [0.25, 0.3) is 0 Å². The number of hydrogen-bond acceptors (Lipinski definition) is 3. The monoisotopic (exact) mass is 440 g/mol. The second-order valence-corrected chi connectivity index (χ2v) is 13.3. The maximum atomic E-state index is 12.7. The zero-order chi connectivity index (χ0) is 22.8. The first-order valence-corrected chi connectivity index (χ1v) is 13.0. The highest BCUT2D eigenvalue weighted by molar-refractivity contribution is 7.91. The van der Waals surface area contributed by atoms with Crippen LogP contribution in [-0.4, -0.2) is 18.9 Å². The first-order chi connectivity index (χ1) is 14.4. The van der Waals surface area contributed by atoms with Crippen molar-refractivity contribution in [1.82, 2.24) is 0 Å². The van der Waals surface area contributed by atoms with E-state index in [-0.39, 0.29) is 11.5 Å². The van der Waals surface area contributed by atoms with Gasteiger partial charge >= 0.3 is 0 Å². The minimum Gasteiger partial charge on any atom is -0.294 e. The van der Waals surface area contributed by atoms with Crippen LogP contribution in [0.5, 0.6) is 0 Å². The Labute approximate surface area is 188 Å². The molecule has 31 heavy (non-hydrogen) atoms. The van der Waals surface area contributed by atoms with E-state index in [0.29, 0.717) is 23.5 Å². The molecule has 2 aromatic rings. The van der Waals surface area contributed by atoms with Gasteiger partial charge in [0.05, 0.1) is 10.5 Å². The van der Waals surface area contributed by atoms with Gasteiger partial charge in [-0.3, -0.25) is 4.79 Å². The van der Waals surface area contributed by atoms with Gasteiger partial charge in [-0.1, -0.05) is 62.4 Å². The Morgan fingerprint density at radius 3 is 1.87 bits per heavy atom. The molecule has 0 N–H and O–H groups in total. The molecule has 2 unspecified atom stereocenters. The number of Topliss-reactive ketones (excluding diaryl/α,β-unsaturated/α-hetero) is 1. The normalized spacial score (nSPS) is 22.3. The van der Waals surface area contributed by atoms with E-state index in [1.807, 2.05) is 0 Å². The maximum absolute atomic E-state index is 12.7. The van der Waals surface area contributed by atoms with Gasteiger partial charge in [0.15, 0.2) is 15.6 Å². The smallest absolute Gasteiger partial charge is 0.167 e. The fourth-order valence-corrected chi connectivity index (χ4v) is 5.70. The largest absolute Gasteiger partial charge is 0.294 e. The minimum absolute atomic E-state index is 0.00909. The summed E-state index contributed by atoms with van der Waals surface area (Å²) >= 11 is 0. The molecule has 0 radical (unpaired) electrons. The summed E-state index contributed by atoms with van der Waals surface area (Å²) in [6.45, 7) is 9.82. The van der Waals surface area contributed by atoms with E-state index in [0.717, 1.165) is 17.4 Å². The molecule has 1 fully saturated rings. The molecule has 1 aliphatic carbocycles. The molecule has 1 saturated carbocycles. The Morgan fingerprint density at radius 2 is 1.35 bits per heavy atom. The van der Waals surface area contributed by atoms with Crippen molar-refractivity contribution in [2.24, 2.45) is 11.8 Å². The van der Waals surface area contributed by atoms with Gasteiger partial charge in [0, 0.05) is 12.0 Å². The van der Waals surface area contributed by atoms with Crippen LogP contribution in [0.2, 0.25) is 0 Å². The molecule has 2 aromatic carbocycles. The Bertz CT molecular complexity index is 986. The summed E-state index contributed by atoms with van der Waals surface area (Å²) in [7, 11) is -3.24. The predicted octanol–water partition coefficient (Wildman–Crippen LogP) is 6.37. The van der Waals surface area contributed by atoms with Crippen LogP contribution >= 0.6 is 0 Å². The highest BCUT2D eigenvalue weighted by Crippen LogP contribution is 2.39. The molecule has 0 heterocycles. The number of carbonyl (C=O) groups excluding carboxylic acids is 1. The van der Waals surface area contributed by atoms with Gasteiger partial charge in [0.2, 0.25) is 0 Å². The van der Waals surface area contributed by atoms with Crippen molar-refractivity contribution in [2.75, 3.05) is 0 Å². The van der Waals surface area contributed by atoms with Crippen LogP contribution in [0, 0.1) is 11.8 Å². The van der Waals surface area contributed by atoms with E-state index in [2.05, 4.69) is 38.1 Å². The fraction of sp³-hybridized carbons (Fsp3) is 0.519. The van der Waals surface area contributed by atoms with E-state index >= 15 is 0 Å². The van der Waals surface area contributed by atoms with Crippen LogP contribution in [0.1, 0.15) is 86.8 Å². The molecule has 0 bridgehead atoms. The van der Waals surface area contributed by atoms with E-state index in [9.17, 15) is 13.2 Å². The molecule has 168 valence electrons. The van der Waals surface area contributed by atoms with Gasteiger partial charge in [-0.2, -0.15) is 0 Å². The molecular formula is C27H36O3S. The van der Waals surface area contributed by atoms with Gasteiger partial charge in [0.1, 0.15) is 0 Å². The van der Waals surface area contributed by atoms with Crippen molar-refractivity contribution in [3.63, 3.8) is 0 Å². The third-order valence-corrected chi connectivity index (χ3v) is 9.14. The number of carbonyl (C=O) groups is 1. The van der Waals surface area contributed by atoms with Crippen LogP contribution < -0.4 is 0 Å². The number of benzene rings is 2. The lowest BCUT2D eigenvalue weighted by Crippen LogP contribution is -2.29. The van der Waals surface area contributed by atoms with Crippen molar-refractivity contribution in [2.45, 2.75) is 76.7 Å². The summed E-state index contributed by atoms with van der Waals surface area (Å²) in [5.41, 5.74) is 3.74. The third-order valence-electron chi connectivity index (χ3n) is 6.56. The molecule has 3 nitrogen and oxygen atoms in total. The summed E-state index contributed by atoms with van der Waals surface area (Å²) in [4.78, 5) is 12.7. The molecule has 0 aliphatic heterocycles. The lowest BCUT2D eigenvalue weighted by atomic mass is 9.74. The Kier molecular flexibility index (Phi) is 7.10.